The van der Waals surface area contributed by atoms with Gasteiger partial charge in [0.2, 0.25) is 0 Å². The second-order valence-electron chi connectivity index (χ2n) is 8.49. The van der Waals surface area contributed by atoms with Gasteiger partial charge < -0.3 is 5.32 Å². The first kappa shape index (κ1) is 13.2. The van der Waals surface area contributed by atoms with Crippen LogP contribution in [0.5, 0.6) is 0 Å². The van der Waals surface area contributed by atoms with Gasteiger partial charge in [0, 0.05) is 11.1 Å². The Balaban J connectivity index is 1.38. The van der Waals surface area contributed by atoms with Gasteiger partial charge in [-0.05, 0) is 98.8 Å². The highest BCUT2D eigenvalue weighted by atomic mass is 16.1. The summed E-state index contributed by atoms with van der Waals surface area (Å²) in [4.78, 5) is 12.8. The van der Waals surface area contributed by atoms with E-state index in [2.05, 4.69) is 17.4 Å². The van der Waals surface area contributed by atoms with E-state index in [1.807, 2.05) is 6.07 Å². The molecule has 5 aliphatic rings. The van der Waals surface area contributed by atoms with Crippen LogP contribution in [0.25, 0.3) is 0 Å². The molecular weight excluding hydrogens is 270 g/mol. The number of fused-ring (bicyclic) bond motifs is 1. The summed E-state index contributed by atoms with van der Waals surface area (Å²) < 4.78 is 0. The molecule has 22 heavy (non-hydrogen) atoms. The van der Waals surface area contributed by atoms with Gasteiger partial charge in [0.1, 0.15) is 0 Å². The van der Waals surface area contributed by atoms with Crippen molar-refractivity contribution in [3.05, 3.63) is 34.9 Å². The molecule has 4 saturated carbocycles. The molecule has 2 heteroatoms. The summed E-state index contributed by atoms with van der Waals surface area (Å²) in [6.45, 7) is 0. The lowest BCUT2D eigenvalue weighted by Crippen LogP contribution is -2.59. The van der Waals surface area contributed by atoms with Crippen LogP contribution in [0.3, 0.4) is 0 Å². The lowest BCUT2D eigenvalue weighted by Gasteiger charge is -2.56. The lowest BCUT2D eigenvalue weighted by atomic mass is 9.53. The number of carbonyl (C=O) groups is 1. The maximum Gasteiger partial charge on any atom is 0.251 e. The Hall–Kier alpha value is -1.31. The molecule has 1 aromatic carbocycles. The van der Waals surface area contributed by atoms with Crippen molar-refractivity contribution in [3.8, 4) is 0 Å². The molecule has 116 valence electrons. The average Bonchev–Trinajstić information content (AvgIpc) is 2.92. The van der Waals surface area contributed by atoms with Crippen molar-refractivity contribution in [3.63, 3.8) is 0 Å². The smallest absolute Gasteiger partial charge is 0.251 e. The highest BCUT2D eigenvalue weighted by Gasteiger charge is 2.51. The van der Waals surface area contributed by atoms with Crippen LogP contribution in [0.4, 0.5) is 0 Å². The van der Waals surface area contributed by atoms with Crippen molar-refractivity contribution >= 4 is 5.91 Å². The first-order valence-corrected chi connectivity index (χ1v) is 9.13. The van der Waals surface area contributed by atoms with E-state index in [1.54, 1.807) is 0 Å². The second kappa shape index (κ2) is 4.59. The van der Waals surface area contributed by atoms with Crippen LogP contribution in [-0.2, 0) is 12.8 Å². The predicted octanol–water partition coefficient (Wildman–Crippen LogP) is 3.87. The number of carbonyl (C=O) groups excluding carboxylic acids is 1. The minimum Gasteiger partial charge on any atom is -0.347 e. The van der Waals surface area contributed by atoms with Crippen molar-refractivity contribution in [2.24, 2.45) is 17.8 Å². The maximum absolute atomic E-state index is 12.8. The van der Waals surface area contributed by atoms with E-state index in [9.17, 15) is 4.79 Å². The van der Waals surface area contributed by atoms with Crippen molar-refractivity contribution < 1.29 is 4.79 Å². The molecule has 5 aliphatic carbocycles. The van der Waals surface area contributed by atoms with Gasteiger partial charge in [-0.3, -0.25) is 4.79 Å². The third-order valence-corrected chi connectivity index (χ3v) is 6.78. The highest BCUT2D eigenvalue weighted by Crippen LogP contribution is 2.55. The number of hydrogen-bond donors (Lipinski definition) is 1. The first-order valence-electron chi connectivity index (χ1n) is 9.13. The molecule has 0 radical (unpaired) electrons. The van der Waals surface area contributed by atoms with Gasteiger partial charge in [0.05, 0.1) is 0 Å². The van der Waals surface area contributed by atoms with Gasteiger partial charge >= 0.3 is 0 Å². The van der Waals surface area contributed by atoms with Crippen LogP contribution in [0.15, 0.2) is 18.2 Å². The van der Waals surface area contributed by atoms with Gasteiger partial charge in [-0.15, -0.1) is 0 Å². The van der Waals surface area contributed by atoms with E-state index < -0.39 is 0 Å². The summed E-state index contributed by atoms with van der Waals surface area (Å²) in [7, 11) is 0. The molecule has 1 aromatic rings. The topological polar surface area (TPSA) is 29.1 Å². The van der Waals surface area contributed by atoms with Crippen molar-refractivity contribution in [1.82, 2.24) is 5.32 Å². The Kier molecular flexibility index (Phi) is 2.75. The largest absolute Gasteiger partial charge is 0.347 e. The van der Waals surface area contributed by atoms with E-state index >= 15 is 0 Å². The number of hydrogen-bond acceptors (Lipinski definition) is 1. The molecule has 1 N–H and O–H groups in total. The summed E-state index contributed by atoms with van der Waals surface area (Å²) in [5.74, 6) is 2.82. The summed E-state index contributed by atoms with van der Waals surface area (Å²) >= 11 is 0. The number of amides is 1. The van der Waals surface area contributed by atoms with Crippen LogP contribution >= 0.6 is 0 Å². The van der Waals surface area contributed by atoms with E-state index in [0.717, 1.165) is 29.7 Å². The Labute approximate surface area is 132 Å². The van der Waals surface area contributed by atoms with Gasteiger partial charge in [-0.25, -0.2) is 0 Å². The molecule has 4 fully saturated rings. The van der Waals surface area contributed by atoms with Crippen LogP contribution in [0.2, 0.25) is 0 Å². The third-order valence-electron chi connectivity index (χ3n) is 6.78. The van der Waals surface area contributed by atoms with Gasteiger partial charge in [-0.2, -0.15) is 0 Å². The fourth-order valence-corrected chi connectivity index (χ4v) is 6.29. The van der Waals surface area contributed by atoms with Gasteiger partial charge in [0.15, 0.2) is 0 Å². The molecule has 4 bridgehead atoms. The molecule has 0 aromatic heterocycles. The van der Waals surface area contributed by atoms with Crippen LogP contribution in [0.1, 0.15) is 66.4 Å². The predicted molar refractivity (Wildman–Crippen MR) is 86.8 cm³/mol. The lowest BCUT2D eigenvalue weighted by molar-refractivity contribution is -0.0167. The molecule has 0 heterocycles. The van der Waals surface area contributed by atoms with E-state index in [-0.39, 0.29) is 11.4 Å². The minimum absolute atomic E-state index is 0.130. The average molecular weight is 295 g/mol. The molecule has 6 rings (SSSR count). The fourth-order valence-electron chi connectivity index (χ4n) is 6.29. The molecule has 0 saturated heterocycles. The van der Waals surface area contributed by atoms with Gasteiger partial charge in [0.25, 0.3) is 5.91 Å². The zero-order chi connectivity index (χ0) is 14.7. The number of nitrogens with one attached hydrogen (secondary N) is 1. The zero-order valence-corrected chi connectivity index (χ0v) is 13.2. The van der Waals surface area contributed by atoms with Crippen molar-refractivity contribution in [2.75, 3.05) is 0 Å². The SMILES string of the molecule is O=C(NC12CC3CC(CC(C3)C1)C2)c1ccc2c(c1)CCC2. The first-order chi connectivity index (χ1) is 10.7. The Morgan fingerprint density at radius 3 is 2.27 bits per heavy atom. The third kappa shape index (κ3) is 2.03. The molecular formula is C20H25NO. The van der Waals surface area contributed by atoms with Crippen molar-refractivity contribution in [1.29, 1.82) is 0 Å². The van der Waals surface area contributed by atoms with E-state index in [1.165, 1.54) is 62.5 Å². The van der Waals surface area contributed by atoms with E-state index in [4.69, 9.17) is 0 Å². The quantitative estimate of drug-likeness (QED) is 0.881. The molecule has 0 unspecified atom stereocenters. The zero-order valence-electron chi connectivity index (χ0n) is 13.2. The molecule has 0 atom stereocenters. The van der Waals surface area contributed by atoms with Crippen LogP contribution in [0, 0.1) is 17.8 Å². The van der Waals surface area contributed by atoms with E-state index in [0.29, 0.717) is 0 Å². The summed E-state index contributed by atoms with van der Waals surface area (Å²) in [5.41, 5.74) is 3.87. The van der Waals surface area contributed by atoms with Crippen LogP contribution < -0.4 is 5.32 Å². The summed E-state index contributed by atoms with van der Waals surface area (Å²) in [5, 5.41) is 3.49. The number of benzene rings is 1. The molecule has 2 nitrogen and oxygen atoms in total. The molecule has 0 spiro atoms. The second-order valence-corrected chi connectivity index (χ2v) is 8.49. The standard InChI is InChI=1S/C20H25NO/c22-19(18-5-4-16-2-1-3-17(16)9-18)21-20-10-13-6-14(11-20)8-15(7-13)12-20/h4-5,9,13-15H,1-3,6-8,10-12H2,(H,21,22). The number of aryl methyl sites for hydroxylation is 2. The number of rotatable bonds is 2. The molecule has 1 amide bonds. The summed E-state index contributed by atoms with van der Waals surface area (Å²) in [6, 6.07) is 6.37. The Morgan fingerprint density at radius 1 is 0.955 bits per heavy atom. The van der Waals surface area contributed by atoms with Gasteiger partial charge in [-0.1, -0.05) is 6.07 Å². The van der Waals surface area contributed by atoms with Crippen LogP contribution in [-0.4, -0.2) is 11.4 Å². The fraction of sp³-hybridized carbons (Fsp3) is 0.650. The Bertz CT molecular complexity index is 597. The maximum atomic E-state index is 12.8. The monoisotopic (exact) mass is 295 g/mol. The minimum atomic E-state index is 0.130. The van der Waals surface area contributed by atoms with Crippen molar-refractivity contribution in [2.45, 2.75) is 63.3 Å². The highest BCUT2D eigenvalue weighted by molar-refractivity contribution is 5.95. The summed E-state index contributed by atoms with van der Waals surface area (Å²) in [6.07, 6.45) is 11.5. The Morgan fingerprint density at radius 2 is 1.59 bits per heavy atom. The molecule has 0 aliphatic heterocycles. The normalized spacial score (nSPS) is 38.1.